The van der Waals surface area contributed by atoms with Crippen molar-refractivity contribution in [3.63, 3.8) is 0 Å². The highest BCUT2D eigenvalue weighted by Gasteiger charge is 2.45. The van der Waals surface area contributed by atoms with Crippen molar-refractivity contribution >= 4 is 16.5 Å². The van der Waals surface area contributed by atoms with E-state index in [0.717, 1.165) is 11.7 Å². The maximum absolute atomic E-state index is 5.82. The van der Waals surface area contributed by atoms with Crippen molar-refractivity contribution in [1.82, 2.24) is 4.98 Å². The van der Waals surface area contributed by atoms with Crippen LogP contribution in [0.4, 0.5) is 5.13 Å². The first-order valence-corrected chi connectivity index (χ1v) is 5.76. The van der Waals surface area contributed by atoms with E-state index in [0.29, 0.717) is 0 Å². The highest BCUT2D eigenvalue weighted by Crippen LogP contribution is 2.51. The monoisotopic (exact) mass is 211 g/mol. The smallest absolute Gasteiger partial charge is 0.185 e. The first-order valence-electron chi connectivity index (χ1n) is 4.94. The van der Waals surface area contributed by atoms with E-state index < -0.39 is 0 Å². The van der Waals surface area contributed by atoms with Crippen molar-refractivity contribution in [3.8, 4) is 0 Å². The molecule has 0 amide bonds. The molecular formula is C10H17N3S. The Morgan fingerprint density at radius 1 is 1.50 bits per heavy atom. The topological polar surface area (TPSA) is 42.2 Å². The molecule has 2 N–H and O–H groups in total. The van der Waals surface area contributed by atoms with Gasteiger partial charge in [-0.15, -0.1) is 11.3 Å². The van der Waals surface area contributed by atoms with Crippen LogP contribution in [0.5, 0.6) is 0 Å². The molecule has 0 aromatic carbocycles. The lowest BCUT2D eigenvalue weighted by Gasteiger charge is -2.10. The van der Waals surface area contributed by atoms with Gasteiger partial charge in [-0.25, -0.2) is 4.98 Å². The summed E-state index contributed by atoms with van der Waals surface area (Å²) in [5.41, 5.74) is 7.28. The Labute approximate surface area is 88.9 Å². The van der Waals surface area contributed by atoms with Gasteiger partial charge in [0.25, 0.3) is 0 Å². The molecule has 0 aliphatic heterocycles. The second kappa shape index (κ2) is 3.21. The van der Waals surface area contributed by atoms with E-state index in [2.05, 4.69) is 16.8 Å². The second-order valence-corrected chi connectivity index (χ2v) is 5.27. The molecule has 1 heterocycles. The molecule has 1 saturated carbocycles. The average Bonchev–Trinajstić information content (AvgIpc) is 2.84. The van der Waals surface area contributed by atoms with E-state index in [1.165, 1.54) is 23.4 Å². The fourth-order valence-corrected chi connectivity index (χ4v) is 2.99. The molecule has 1 aliphatic rings. The predicted molar refractivity (Wildman–Crippen MR) is 61.1 cm³/mol. The van der Waals surface area contributed by atoms with E-state index in [9.17, 15) is 0 Å². The highest BCUT2D eigenvalue weighted by molar-refractivity contribution is 7.16. The number of hydrogen-bond donors (Lipinski definition) is 1. The second-order valence-electron chi connectivity index (χ2n) is 4.29. The summed E-state index contributed by atoms with van der Waals surface area (Å²) in [6.07, 6.45) is 2.47. The molecule has 0 spiro atoms. The van der Waals surface area contributed by atoms with Crippen LogP contribution < -0.4 is 10.6 Å². The molecule has 1 aromatic heterocycles. The molecule has 0 saturated heterocycles. The van der Waals surface area contributed by atoms with Crippen LogP contribution in [-0.4, -0.2) is 25.6 Å². The third kappa shape index (κ3) is 1.42. The molecule has 2 rings (SSSR count). The Bertz CT molecular complexity index is 339. The maximum atomic E-state index is 5.82. The minimum absolute atomic E-state index is 0.288. The van der Waals surface area contributed by atoms with Gasteiger partial charge in [0.05, 0.1) is 5.69 Å². The van der Waals surface area contributed by atoms with Gasteiger partial charge in [-0.3, -0.25) is 0 Å². The number of hydrogen-bond acceptors (Lipinski definition) is 4. The predicted octanol–water partition coefficient (Wildman–Crippen LogP) is 1.51. The molecule has 1 fully saturated rings. The zero-order chi connectivity index (χ0) is 10.3. The van der Waals surface area contributed by atoms with Crippen LogP contribution >= 0.6 is 11.3 Å². The summed E-state index contributed by atoms with van der Waals surface area (Å²) in [6.45, 7) is 2.86. The lowest BCUT2D eigenvalue weighted by atomic mass is 10.0. The molecule has 0 bridgehead atoms. The van der Waals surface area contributed by atoms with Crippen LogP contribution in [0, 0.1) is 6.92 Å². The number of aryl methyl sites for hydroxylation is 1. The van der Waals surface area contributed by atoms with Crippen molar-refractivity contribution in [1.29, 1.82) is 0 Å². The zero-order valence-electron chi connectivity index (χ0n) is 9.00. The molecular weight excluding hydrogens is 194 g/mol. The molecule has 3 nitrogen and oxygen atoms in total. The largest absolute Gasteiger partial charge is 0.354 e. The number of nitrogens with zero attached hydrogens (tertiary/aromatic N) is 2. The van der Waals surface area contributed by atoms with Gasteiger partial charge in [0.15, 0.2) is 5.13 Å². The molecule has 78 valence electrons. The average molecular weight is 211 g/mol. The summed E-state index contributed by atoms with van der Waals surface area (Å²) in [6, 6.07) is 0. The van der Waals surface area contributed by atoms with Gasteiger partial charge in [0.2, 0.25) is 0 Å². The maximum Gasteiger partial charge on any atom is 0.185 e. The third-order valence-corrected chi connectivity index (χ3v) is 4.47. The summed E-state index contributed by atoms with van der Waals surface area (Å²) in [4.78, 5) is 8.02. The van der Waals surface area contributed by atoms with E-state index in [4.69, 9.17) is 5.73 Å². The molecule has 4 heteroatoms. The number of rotatable bonds is 3. The minimum Gasteiger partial charge on any atom is -0.354 e. The van der Waals surface area contributed by atoms with Gasteiger partial charge in [0.1, 0.15) is 0 Å². The quantitative estimate of drug-likeness (QED) is 0.824. The Kier molecular flexibility index (Phi) is 2.27. The Balaban J connectivity index is 2.35. The Morgan fingerprint density at radius 2 is 2.14 bits per heavy atom. The van der Waals surface area contributed by atoms with Crippen molar-refractivity contribution in [3.05, 3.63) is 10.6 Å². The van der Waals surface area contributed by atoms with E-state index in [1.54, 1.807) is 11.3 Å². The van der Waals surface area contributed by atoms with E-state index >= 15 is 0 Å². The summed E-state index contributed by atoms with van der Waals surface area (Å²) in [5, 5.41) is 1.09. The molecule has 0 atom stereocenters. The van der Waals surface area contributed by atoms with Gasteiger partial charge in [-0.05, 0) is 19.8 Å². The third-order valence-electron chi connectivity index (χ3n) is 2.89. The number of thiazole rings is 1. The van der Waals surface area contributed by atoms with Gasteiger partial charge in [-0.1, -0.05) is 0 Å². The first-order chi connectivity index (χ1) is 6.59. The SMILES string of the molecule is Cc1nc(N(C)C)sc1C1(CN)CC1. The minimum atomic E-state index is 0.288. The Hall–Kier alpha value is -0.610. The van der Waals surface area contributed by atoms with Crippen molar-refractivity contribution in [2.24, 2.45) is 5.73 Å². The molecule has 1 aromatic rings. The number of aromatic nitrogens is 1. The van der Waals surface area contributed by atoms with Crippen LogP contribution in [0.2, 0.25) is 0 Å². The molecule has 1 aliphatic carbocycles. The van der Waals surface area contributed by atoms with Crippen LogP contribution in [0.1, 0.15) is 23.4 Å². The van der Waals surface area contributed by atoms with Crippen molar-refractivity contribution in [2.75, 3.05) is 25.5 Å². The number of nitrogens with two attached hydrogens (primary N) is 1. The van der Waals surface area contributed by atoms with Crippen LogP contribution in [0.3, 0.4) is 0 Å². The Morgan fingerprint density at radius 3 is 2.50 bits per heavy atom. The van der Waals surface area contributed by atoms with E-state index in [1.807, 2.05) is 14.1 Å². The molecule has 0 unspecified atom stereocenters. The zero-order valence-corrected chi connectivity index (χ0v) is 9.82. The van der Waals surface area contributed by atoms with Gasteiger partial charge in [-0.2, -0.15) is 0 Å². The summed E-state index contributed by atoms with van der Waals surface area (Å²) < 4.78 is 0. The first kappa shape index (κ1) is 9.93. The van der Waals surface area contributed by atoms with E-state index in [-0.39, 0.29) is 5.41 Å². The normalized spacial score (nSPS) is 18.3. The lowest BCUT2D eigenvalue weighted by Crippen LogP contribution is -2.19. The van der Waals surface area contributed by atoms with Crippen LogP contribution in [0.15, 0.2) is 0 Å². The van der Waals surface area contributed by atoms with Crippen molar-refractivity contribution < 1.29 is 0 Å². The van der Waals surface area contributed by atoms with Crippen LogP contribution in [0.25, 0.3) is 0 Å². The molecule has 14 heavy (non-hydrogen) atoms. The molecule has 0 radical (unpaired) electrons. The summed E-state index contributed by atoms with van der Waals surface area (Å²) in [7, 11) is 4.06. The van der Waals surface area contributed by atoms with Crippen molar-refractivity contribution in [2.45, 2.75) is 25.2 Å². The summed E-state index contributed by atoms with van der Waals surface area (Å²) >= 11 is 1.80. The standard InChI is InChI=1S/C10H17N3S/c1-7-8(10(6-11)4-5-10)14-9(12-7)13(2)3/h4-6,11H2,1-3H3. The van der Waals surface area contributed by atoms with Crippen LogP contribution in [-0.2, 0) is 5.41 Å². The summed E-state index contributed by atoms with van der Waals surface area (Å²) in [5.74, 6) is 0. The van der Waals surface area contributed by atoms with Gasteiger partial charge in [0, 0.05) is 30.9 Å². The highest BCUT2D eigenvalue weighted by atomic mass is 32.1. The fourth-order valence-electron chi connectivity index (χ4n) is 1.74. The number of anilines is 1. The fraction of sp³-hybridized carbons (Fsp3) is 0.700. The van der Waals surface area contributed by atoms with Gasteiger partial charge >= 0.3 is 0 Å². The van der Waals surface area contributed by atoms with Gasteiger partial charge < -0.3 is 10.6 Å². The lowest BCUT2D eigenvalue weighted by molar-refractivity contribution is 0.712.